The van der Waals surface area contributed by atoms with Crippen molar-refractivity contribution in [1.82, 2.24) is 0 Å². The van der Waals surface area contributed by atoms with Gasteiger partial charge in [0.2, 0.25) is 5.79 Å². The lowest BCUT2D eigenvalue weighted by Crippen LogP contribution is -2.34. The molecule has 0 heterocycles. The zero-order valence-electron chi connectivity index (χ0n) is 13.4. The van der Waals surface area contributed by atoms with E-state index in [-0.39, 0.29) is 17.9 Å². The van der Waals surface area contributed by atoms with Gasteiger partial charge in [-0.15, -0.1) is 0 Å². The van der Waals surface area contributed by atoms with E-state index < -0.39 is 30.8 Å². The molecule has 0 spiro atoms. The quantitative estimate of drug-likeness (QED) is 0.301. The van der Waals surface area contributed by atoms with Gasteiger partial charge in [0, 0.05) is 5.92 Å². The molecule has 2 aromatic carbocycles. The first kappa shape index (κ1) is 19.2. The Labute approximate surface area is 144 Å². The van der Waals surface area contributed by atoms with Gasteiger partial charge in [0.15, 0.2) is 0 Å². The Hall–Kier alpha value is -2.09. The maximum Gasteiger partial charge on any atom is 0.427 e. The number of phenolic OH excluding ortho intramolecular Hbond substituents is 2. The van der Waals surface area contributed by atoms with Crippen molar-refractivity contribution >= 4 is 13.4 Å². The van der Waals surface area contributed by atoms with E-state index in [0.717, 1.165) is 0 Å². The second-order valence-electron chi connectivity index (χ2n) is 5.63. The third kappa shape index (κ3) is 4.31. The van der Waals surface area contributed by atoms with Gasteiger partial charge in [-0.1, -0.05) is 25.1 Å². The molecule has 0 fully saturated rings. The molecule has 1 unspecified atom stereocenters. The molecule has 1 atom stereocenters. The Morgan fingerprint density at radius 1 is 1.08 bits per heavy atom. The number of nitrogens with one attached hydrogen (secondary N) is 1. The number of rotatable bonds is 6. The number of hydrogen-bond acceptors (Lipinski definition) is 5. The number of phenols is 2. The van der Waals surface area contributed by atoms with Crippen molar-refractivity contribution in [3.05, 3.63) is 53.6 Å². The van der Waals surface area contributed by atoms with E-state index in [1.165, 1.54) is 42.5 Å². The number of anilines is 1. The molecule has 0 aliphatic rings. The van der Waals surface area contributed by atoms with Crippen LogP contribution in [0.5, 0.6) is 11.5 Å². The van der Waals surface area contributed by atoms with Crippen LogP contribution < -0.4 is 5.09 Å². The number of hydrogen-bond donors (Lipinski definition) is 7. The normalized spacial score (nSPS) is 13.5. The highest BCUT2D eigenvalue weighted by Crippen LogP contribution is 2.47. The molecule has 0 bridgehead atoms. The molecular weight excluding hydrogens is 349 g/mol. The molecule has 2 rings (SSSR count). The molecule has 25 heavy (non-hydrogen) atoms. The van der Waals surface area contributed by atoms with Crippen molar-refractivity contribution in [3.63, 3.8) is 0 Å². The molecule has 136 valence electrons. The van der Waals surface area contributed by atoms with Crippen LogP contribution in [0.3, 0.4) is 0 Å². The fourth-order valence-electron chi connectivity index (χ4n) is 2.81. The Morgan fingerprint density at radius 2 is 1.68 bits per heavy atom. The summed E-state index contributed by atoms with van der Waals surface area (Å²) in [5.74, 6) is -4.08. The van der Waals surface area contributed by atoms with Crippen LogP contribution in [0.15, 0.2) is 42.5 Å². The van der Waals surface area contributed by atoms with Crippen molar-refractivity contribution in [2.24, 2.45) is 0 Å². The van der Waals surface area contributed by atoms with Gasteiger partial charge < -0.3 is 30.2 Å². The minimum atomic E-state index is -4.74. The van der Waals surface area contributed by atoms with Crippen LogP contribution in [0, 0.1) is 0 Å². The number of aromatic hydroxyl groups is 2. The monoisotopic (exact) mass is 369 g/mol. The molecule has 9 heteroatoms. The van der Waals surface area contributed by atoms with E-state index in [0.29, 0.717) is 5.56 Å². The molecule has 0 aromatic heterocycles. The van der Waals surface area contributed by atoms with Crippen LogP contribution in [0.25, 0.3) is 0 Å². The lowest BCUT2D eigenvalue weighted by molar-refractivity contribution is -0.189. The van der Waals surface area contributed by atoms with E-state index in [4.69, 9.17) is 9.79 Å². The molecule has 0 saturated heterocycles. The summed E-state index contributed by atoms with van der Waals surface area (Å²) in [4.78, 5) is 18.2. The molecule has 0 aliphatic heterocycles. The maximum absolute atomic E-state index is 11.2. The summed E-state index contributed by atoms with van der Waals surface area (Å²) in [6.07, 6.45) is 0.238. The summed E-state index contributed by atoms with van der Waals surface area (Å²) in [6.45, 7) is 1.69. The van der Waals surface area contributed by atoms with E-state index >= 15 is 0 Å². The highest BCUT2D eigenvalue weighted by Gasteiger charge is 2.41. The summed E-state index contributed by atoms with van der Waals surface area (Å²) in [5.41, 5.74) is -0.274. The van der Waals surface area contributed by atoms with Crippen molar-refractivity contribution in [1.29, 1.82) is 0 Å². The Kier molecular flexibility index (Phi) is 5.41. The van der Waals surface area contributed by atoms with Gasteiger partial charge in [-0.3, -0.25) is 5.09 Å². The van der Waals surface area contributed by atoms with Gasteiger partial charge in [-0.05, 0) is 36.2 Å². The predicted molar refractivity (Wildman–Crippen MR) is 91.0 cm³/mol. The third-order valence-corrected chi connectivity index (χ3v) is 4.40. The molecule has 0 radical (unpaired) electrons. The van der Waals surface area contributed by atoms with Crippen molar-refractivity contribution < 1.29 is 34.8 Å². The molecule has 8 nitrogen and oxygen atoms in total. The molecule has 0 saturated carbocycles. The van der Waals surface area contributed by atoms with Gasteiger partial charge in [0.05, 0.1) is 11.3 Å². The molecule has 0 amide bonds. The maximum atomic E-state index is 11.2. The van der Waals surface area contributed by atoms with Crippen LogP contribution in [0.4, 0.5) is 5.69 Å². The zero-order chi connectivity index (χ0) is 18.8. The second-order valence-corrected chi connectivity index (χ2v) is 6.95. The van der Waals surface area contributed by atoms with Gasteiger partial charge in [0.1, 0.15) is 11.5 Å². The first-order chi connectivity index (χ1) is 11.6. The van der Waals surface area contributed by atoms with E-state index in [1.807, 2.05) is 5.09 Å². The molecule has 2 aromatic rings. The Bertz CT molecular complexity index is 786. The minimum Gasteiger partial charge on any atom is -0.508 e. The lowest BCUT2D eigenvalue weighted by atomic mass is 9.83. The van der Waals surface area contributed by atoms with Crippen molar-refractivity contribution in [2.75, 3.05) is 5.09 Å². The summed E-state index contributed by atoms with van der Waals surface area (Å²) < 4.78 is 11.2. The minimum absolute atomic E-state index is 0.00601. The molecule has 0 aliphatic carbocycles. The van der Waals surface area contributed by atoms with Crippen LogP contribution >= 0.6 is 7.75 Å². The first-order valence-electron chi connectivity index (χ1n) is 7.46. The largest absolute Gasteiger partial charge is 0.508 e. The van der Waals surface area contributed by atoms with Crippen LogP contribution in [-0.4, -0.2) is 30.2 Å². The lowest BCUT2D eigenvalue weighted by Gasteiger charge is -2.33. The van der Waals surface area contributed by atoms with Crippen LogP contribution in [0.2, 0.25) is 0 Å². The zero-order valence-corrected chi connectivity index (χ0v) is 14.3. The van der Waals surface area contributed by atoms with E-state index in [1.54, 1.807) is 6.92 Å². The Morgan fingerprint density at radius 3 is 2.20 bits per heavy atom. The SMILES string of the molecule is CCC(c1ccc(O)cc1)C(O)(O)c1c(O)cccc1NP(=O)(O)O. The van der Waals surface area contributed by atoms with Gasteiger partial charge in [0.25, 0.3) is 0 Å². The first-order valence-corrected chi connectivity index (χ1v) is 9.07. The summed E-state index contributed by atoms with van der Waals surface area (Å²) >= 11 is 0. The summed E-state index contributed by atoms with van der Waals surface area (Å²) in [6, 6.07) is 9.49. The topological polar surface area (TPSA) is 150 Å². The average molecular weight is 369 g/mol. The second kappa shape index (κ2) is 7.03. The fraction of sp³-hybridized carbons (Fsp3) is 0.250. The highest BCUT2D eigenvalue weighted by atomic mass is 31.2. The smallest absolute Gasteiger partial charge is 0.427 e. The predicted octanol–water partition coefficient (Wildman–Crippen LogP) is 1.93. The van der Waals surface area contributed by atoms with Gasteiger partial charge in [-0.25, -0.2) is 4.57 Å². The molecule has 7 N–H and O–H groups in total. The van der Waals surface area contributed by atoms with Crippen molar-refractivity contribution in [3.8, 4) is 11.5 Å². The van der Waals surface area contributed by atoms with Crippen LogP contribution in [0.1, 0.15) is 30.4 Å². The van der Waals surface area contributed by atoms with Gasteiger partial charge in [-0.2, -0.15) is 0 Å². The van der Waals surface area contributed by atoms with E-state index in [2.05, 4.69) is 0 Å². The van der Waals surface area contributed by atoms with Crippen LogP contribution in [-0.2, 0) is 10.4 Å². The number of aliphatic hydroxyl groups is 2. The van der Waals surface area contributed by atoms with Gasteiger partial charge >= 0.3 is 7.75 Å². The number of benzene rings is 2. The summed E-state index contributed by atoms with van der Waals surface area (Å²) in [5, 5.41) is 42.9. The summed E-state index contributed by atoms with van der Waals surface area (Å²) in [7, 11) is -4.74. The van der Waals surface area contributed by atoms with E-state index in [9.17, 15) is 25.0 Å². The average Bonchev–Trinajstić information content (AvgIpc) is 2.47. The third-order valence-electron chi connectivity index (χ3n) is 3.87. The standard InChI is InChI=1S/C16H20NO7P/c1-2-12(10-6-8-11(18)9-7-10)16(20,21)15-13(17-25(22,23)24)4-3-5-14(15)19/h3-9,12,18-21H,2H2,1H3,(H3,17,22,23,24). The Balaban J connectivity index is 2.57. The highest BCUT2D eigenvalue weighted by molar-refractivity contribution is 7.53. The van der Waals surface area contributed by atoms with Crippen molar-refractivity contribution in [2.45, 2.75) is 25.0 Å². The fourth-order valence-corrected chi connectivity index (χ4v) is 3.31. The molecular formula is C16H20NO7P.